The molecule has 0 aliphatic rings. The summed E-state index contributed by atoms with van der Waals surface area (Å²) in [5.74, 6) is 2.01. The largest absolute Gasteiger partial charge is 0.355 e. The number of hydrogen-bond acceptors (Lipinski definition) is 8. The van der Waals surface area contributed by atoms with E-state index in [0.29, 0.717) is 35.1 Å². The molecule has 0 spiro atoms. The fourth-order valence-electron chi connectivity index (χ4n) is 1.56. The molecule has 108 valence electrons. The van der Waals surface area contributed by atoms with Crippen molar-refractivity contribution in [1.82, 2.24) is 24.6 Å². The van der Waals surface area contributed by atoms with Crippen LogP contribution in [0.5, 0.6) is 0 Å². The lowest BCUT2D eigenvalue weighted by Crippen LogP contribution is -2.11. The zero-order valence-corrected chi connectivity index (χ0v) is 12.5. The number of Topliss-reactive ketones (excluding diaryl/α,β-unsaturated/α-hetero) is 1. The molecule has 0 bridgehead atoms. The maximum Gasteiger partial charge on any atom is 0.261 e. The first-order valence-corrected chi connectivity index (χ1v) is 7.37. The van der Waals surface area contributed by atoms with E-state index in [1.54, 1.807) is 11.3 Å². The number of ketones is 1. The monoisotopic (exact) mass is 295 g/mol. The van der Waals surface area contributed by atoms with Gasteiger partial charge in [-0.2, -0.15) is 9.97 Å². The first-order valence-electron chi connectivity index (χ1n) is 6.38. The molecule has 0 saturated heterocycles. The molecule has 0 aliphatic heterocycles. The van der Waals surface area contributed by atoms with E-state index in [1.165, 1.54) is 11.8 Å². The summed E-state index contributed by atoms with van der Waals surface area (Å²) in [7, 11) is 0. The Morgan fingerprint density at radius 2 is 1.95 bits per heavy atom. The minimum atomic E-state index is 0.0851. The number of thioether (sulfide) groups is 1. The molecule has 2 aromatic heterocycles. The van der Waals surface area contributed by atoms with E-state index in [9.17, 15) is 4.79 Å². The van der Waals surface area contributed by atoms with E-state index in [0.717, 1.165) is 6.54 Å². The van der Waals surface area contributed by atoms with Crippen molar-refractivity contribution in [1.29, 1.82) is 0 Å². The molecular formula is C11H17N7OS. The minimum absolute atomic E-state index is 0.0851. The zero-order chi connectivity index (χ0) is 14.5. The molecule has 0 saturated carbocycles. The number of aromatic nitrogens is 5. The van der Waals surface area contributed by atoms with Crippen molar-refractivity contribution >= 4 is 35.2 Å². The normalized spacial score (nSPS) is 10.8. The standard InChI is InChI=1S/C11H17N7OS/c1-4-12-8-14-9(13-5-2)18-10(15-8)16-17-11(18)20-6-7(3)19/h4-6H2,1-3H3,(H2,12,13,14,15,16). The Bertz CT molecular complexity index is 612. The summed E-state index contributed by atoms with van der Waals surface area (Å²) >= 11 is 1.32. The maximum atomic E-state index is 11.1. The van der Waals surface area contributed by atoms with Gasteiger partial charge >= 0.3 is 0 Å². The van der Waals surface area contributed by atoms with Gasteiger partial charge in [0.2, 0.25) is 11.9 Å². The van der Waals surface area contributed by atoms with Crippen LogP contribution < -0.4 is 10.6 Å². The summed E-state index contributed by atoms with van der Waals surface area (Å²) in [4.78, 5) is 19.8. The number of anilines is 2. The fraction of sp³-hybridized carbons (Fsp3) is 0.545. The van der Waals surface area contributed by atoms with Crippen LogP contribution in [-0.2, 0) is 4.79 Å². The van der Waals surface area contributed by atoms with Crippen LogP contribution in [0.4, 0.5) is 11.9 Å². The van der Waals surface area contributed by atoms with Crippen molar-refractivity contribution in [2.45, 2.75) is 25.9 Å². The molecule has 2 aromatic rings. The van der Waals surface area contributed by atoms with E-state index in [-0.39, 0.29) is 5.78 Å². The first kappa shape index (κ1) is 14.5. The molecular weight excluding hydrogens is 278 g/mol. The molecule has 0 atom stereocenters. The van der Waals surface area contributed by atoms with E-state index in [2.05, 4.69) is 30.8 Å². The third kappa shape index (κ3) is 3.16. The SMILES string of the molecule is CCNc1nc(NCC)n2c(SCC(C)=O)nnc2n1. The van der Waals surface area contributed by atoms with Gasteiger partial charge in [0.15, 0.2) is 5.16 Å². The maximum absolute atomic E-state index is 11.1. The van der Waals surface area contributed by atoms with Crippen molar-refractivity contribution < 1.29 is 4.79 Å². The average Bonchev–Trinajstić information content (AvgIpc) is 2.80. The van der Waals surface area contributed by atoms with Gasteiger partial charge in [0.05, 0.1) is 5.75 Å². The highest BCUT2D eigenvalue weighted by Gasteiger charge is 2.14. The van der Waals surface area contributed by atoms with Crippen LogP contribution in [0.2, 0.25) is 0 Å². The number of rotatable bonds is 7. The Morgan fingerprint density at radius 3 is 2.60 bits per heavy atom. The third-order valence-corrected chi connectivity index (χ3v) is 3.39. The second-order valence-corrected chi connectivity index (χ2v) is 4.98. The molecule has 8 nitrogen and oxygen atoms in total. The second kappa shape index (κ2) is 6.51. The topological polar surface area (TPSA) is 97.1 Å². The Hall–Kier alpha value is -1.90. The highest BCUT2D eigenvalue weighted by Crippen LogP contribution is 2.20. The van der Waals surface area contributed by atoms with Crippen molar-refractivity contribution in [3.05, 3.63) is 0 Å². The van der Waals surface area contributed by atoms with Crippen molar-refractivity contribution in [3.8, 4) is 0 Å². The van der Waals surface area contributed by atoms with Gasteiger partial charge in [-0.1, -0.05) is 11.8 Å². The van der Waals surface area contributed by atoms with E-state index >= 15 is 0 Å². The first-order chi connectivity index (χ1) is 9.65. The molecule has 0 radical (unpaired) electrons. The van der Waals surface area contributed by atoms with Gasteiger partial charge in [0.1, 0.15) is 5.78 Å². The molecule has 0 aromatic carbocycles. The van der Waals surface area contributed by atoms with Crippen LogP contribution in [0, 0.1) is 0 Å². The van der Waals surface area contributed by atoms with Gasteiger partial charge in [-0.05, 0) is 20.8 Å². The molecule has 0 fully saturated rings. The van der Waals surface area contributed by atoms with Crippen LogP contribution >= 0.6 is 11.8 Å². The van der Waals surface area contributed by atoms with Gasteiger partial charge in [0.25, 0.3) is 5.78 Å². The number of fused-ring (bicyclic) bond motifs is 1. The average molecular weight is 295 g/mol. The molecule has 9 heteroatoms. The summed E-state index contributed by atoms with van der Waals surface area (Å²) in [6, 6.07) is 0. The number of nitrogens with one attached hydrogen (secondary N) is 2. The van der Waals surface area contributed by atoms with Crippen molar-refractivity contribution in [2.75, 3.05) is 29.5 Å². The highest BCUT2D eigenvalue weighted by atomic mass is 32.2. The minimum Gasteiger partial charge on any atom is -0.355 e. The lowest BCUT2D eigenvalue weighted by molar-refractivity contribution is -0.114. The predicted molar refractivity (Wildman–Crippen MR) is 78.3 cm³/mol. The Labute approximate surface area is 120 Å². The lowest BCUT2D eigenvalue weighted by Gasteiger charge is -2.09. The Kier molecular flexibility index (Phi) is 4.72. The van der Waals surface area contributed by atoms with Gasteiger partial charge in [-0.25, -0.2) is 4.40 Å². The summed E-state index contributed by atoms with van der Waals surface area (Å²) in [6.45, 7) is 6.93. The summed E-state index contributed by atoms with van der Waals surface area (Å²) < 4.78 is 1.72. The molecule has 20 heavy (non-hydrogen) atoms. The summed E-state index contributed by atoms with van der Waals surface area (Å²) in [5.41, 5.74) is 0. The van der Waals surface area contributed by atoms with E-state index in [1.807, 2.05) is 13.8 Å². The number of carbonyl (C=O) groups excluding carboxylic acids is 1. The number of carbonyl (C=O) groups is 1. The van der Waals surface area contributed by atoms with Crippen LogP contribution in [0.1, 0.15) is 20.8 Å². The summed E-state index contributed by atoms with van der Waals surface area (Å²) in [6.07, 6.45) is 0. The van der Waals surface area contributed by atoms with Crippen LogP contribution in [0.3, 0.4) is 0 Å². The molecule has 2 heterocycles. The van der Waals surface area contributed by atoms with Gasteiger partial charge < -0.3 is 10.6 Å². The fourth-order valence-corrected chi connectivity index (χ4v) is 2.29. The second-order valence-electron chi connectivity index (χ2n) is 4.04. The number of nitrogens with zero attached hydrogens (tertiary/aromatic N) is 5. The smallest absolute Gasteiger partial charge is 0.261 e. The zero-order valence-electron chi connectivity index (χ0n) is 11.7. The van der Waals surface area contributed by atoms with Gasteiger partial charge in [-0.3, -0.25) is 4.79 Å². The molecule has 2 N–H and O–H groups in total. The highest BCUT2D eigenvalue weighted by molar-refractivity contribution is 7.99. The Balaban J connectivity index is 2.43. The molecule has 0 unspecified atom stereocenters. The van der Waals surface area contributed by atoms with Crippen molar-refractivity contribution in [3.63, 3.8) is 0 Å². The predicted octanol–water partition coefficient (Wildman–Crippen LogP) is 1.06. The quantitative estimate of drug-likeness (QED) is 0.732. The van der Waals surface area contributed by atoms with Crippen LogP contribution in [-0.4, -0.2) is 49.2 Å². The van der Waals surface area contributed by atoms with E-state index in [4.69, 9.17) is 0 Å². The summed E-state index contributed by atoms with van der Waals surface area (Å²) in [5, 5.41) is 14.9. The lowest BCUT2D eigenvalue weighted by atomic mass is 10.5. The van der Waals surface area contributed by atoms with Gasteiger partial charge in [0, 0.05) is 13.1 Å². The Morgan fingerprint density at radius 1 is 1.20 bits per heavy atom. The molecule has 2 rings (SSSR count). The molecule has 0 amide bonds. The molecule has 0 aliphatic carbocycles. The van der Waals surface area contributed by atoms with E-state index < -0.39 is 0 Å². The van der Waals surface area contributed by atoms with Crippen molar-refractivity contribution in [2.24, 2.45) is 0 Å². The van der Waals surface area contributed by atoms with Crippen LogP contribution in [0.25, 0.3) is 5.78 Å². The number of hydrogen-bond donors (Lipinski definition) is 2. The third-order valence-electron chi connectivity index (χ3n) is 2.32. The van der Waals surface area contributed by atoms with Crippen LogP contribution in [0.15, 0.2) is 5.16 Å². The van der Waals surface area contributed by atoms with Gasteiger partial charge in [-0.15, -0.1) is 10.2 Å².